The molecule has 4 nitrogen and oxygen atoms in total. The van der Waals surface area contributed by atoms with E-state index < -0.39 is 0 Å². The van der Waals surface area contributed by atoms with Crippen molar-refractivity contribution in [2.75, 3.05) is 13.7 Å². The van der Waals surface area contributed by atoms with Gasteiger partial charge in [-0.05, 0) is 24.6 Å². The lowest BCUT2D eigenvalue weighted by Crippen LogP contribution is -2.26. The second kappa shape index (κ2) is 7.94. The van der Waals surface area contributed by atoms with Gasteiger partial charge in [0.15, 0.2) is 0 Å². The van der Waals surface area contributed by atoms with Crippen LogP contribution in [0.4, 0.5) is 0 Å². The maximum absolute atomic E-state index is 11.8. The first kappa shape index (κ1) is 15.7. The molecule has 0 spiro atoms. The van der Waals surface area contributed by atoms with E-state index in [0.29, 0.717) is 13.2 Å². The Balaban J connectivity index is 2.40. The van der Waals surface area contributed by atoms with E-state index in [-0.39, 0.29) is 24.7 Å². The zero-order valence-corrected chi connectivity index (χ0v) is 12.8. The highest BCUT2D eigenvalue weighted by molar-refractivity contribution is 9.10. The summed E-state index contributed by atoms with van der Waals surface area (Å²) in [5, 5.41) is 0. The highest BCUT2D eigenvalue weighted by atomic mass is 79.9. The topological polar surface area (TPSA) is 46.6 Å². The predicted octanol–water partition coefficient (Wildman–Crippen LogP) is 2.75. The zero-order chi connectivity index (χ0) is 14.3. The van der Waals surface area contributed by atoms with E-state index in [9.17, 15) is 9.59 Å². The summed E-state index contributed by atoms with van der Waals surface area (Å²) in [7, 11) is 1.73. The number of carbonyl (C=O) groups excluding carboxylic acids is 2. The molecule has 1 aromatic rings. The van der Waals surface area contributed by atoms with Crippen molar-refractivity contribution >= 4 is 27.8 Å². The number of benzene rings is 1. The molecule has 1 amide bonds. The molecular weight excluding hydrogens is 310 g/mol. The average Bonchev–Trinajstić information content (AvgIpc) is 2.39. The number of amides is 1. The van der Waals surface area contributed by atoms with Crippen molar-refractivity contribution in [1.82, 2.24) is 4.90 Å². The van der Waals surface area contributed by atoms with Crippen LogP contribution >= 0.6 is 15.9 Å². The minimum Gasteiger partial charge on any atom is -0.466 e. The van der Waals surface area contributed by atoms with E-state index in [2.05, 4.69) is 15.9 Å². The van der Waals surface area contributed by atoms with Gasteiger partial charge in [-0.2, -0.15) is 0 Å². The molecule has 0 unspecified atom stereocenters. The molecule has 0 heterocycles. The largest absolute Gasteiger partial charge is 0.466 e. The number of hydrogen-bond acceptors (Lipinski definition) is 3. The quantitative estimate of drug-likeness (QED) is 0.755. The number of carbonyl (C=O) groups is 2. The van der Waals surface area contributed by atoms with Crippen LogP contribution in [0.1, 0.15) is 25.3 Å². The molecule has 0 N–H and O–H groups in total. The Hall–Kier alpha value is -1.36. The van der Waals surface area contributed by atoms with Gasteiger partial charge in [0.1, 0.15) is 0 Å². The zero-order valence-electron chi connectivity index (χ0n) is 11.2. The lowest BCUT2D eigenvalue weighted by molar-refractivity contribution is -0.145. The maximum atomic E-state index is 11.8. The second-order valence-corrected chi connectivity index (χ2v) is 5.10. The minimum absolute atomic E-state index is 0.0593. The highest BCUT2D eigenvalue weighted by Crippen LogP contribution is 2.12. The van der Waals surface area contributed by atoms with Crippen LogP contribution in [0.5, 0.6) is 0 Å². The van der Waals surface area contributed by atoms with E-state index in [1.165, 1.54) is 0 Å². The molecular formula is C14H18BrNO3. The average molecular weight is 328 g/mol. The molecule has 104 valence electrons. The third kappa shape index (κ3) is 5.87. The number of rotatable bonds is 6. The van der Waals surface area contributed by atoms with Gasteiger partial charge < -0.3 is 9.64 Å². The van der Waals surface area contributed by atoms with E-state index in [1.807, 2.05) is 24.3 Å². The van der Waals surface area contributed by atoms with Crippen LogP contribution in [0.15, 0.2) is 28.7 Å². The van der Waals surface area contributed by atoms with Crippen molar-refractivity contribution in [1.29, 1.82) is 0 Å². The van der Waals surface area contributed by atoms with Gasteiger partial charge in [-0.3, -0.25) is 9.59 Å². The van der Waals surface area contributed by atoms with Gasteiger partial charge in [-0.15, -0.1) is 0 Å². The van der Waals surface area contributed by atoms with Gasteiger partial charge in [-0.25, -0.2) is 0 Å². The molecule has 0 radical (unpaired) electrons. The fraction of sp³-hybridized carbons (Fsp3) is 0.429. The molecule has 0 bridgehead atoms. The van der Waals surface area contributed by atoms with Crippen molar-refractivity contribution in [3.63, 3.8) is 0 Å². The molecule has 0 fully saturated rings. The monoisotopic (exact) mass is 327 g/mol. The summed E-state index contributed by atoms with van der Waals surface area (Å²) in [5.41, 5.74) is 1.05. The maximum Gasteiger partial charge on any atom is 0.306 e. The van der Waals surface area contributed by atoms with Crippen LogP contribution < -0.4 is 0 Å². The van der Waals surface area contributed by atoms with E-state index in [1.54, 1.807) is 18.9 Å². The first-order valence-corrected chi connectivity index (χ1v) is 6.96. The lowest BCUT2D eigenvalue weighted by Gasteiger charge is -2.17. The van der Waals surface area contributed by atoms with Crippen LogP contribution in [0, 0.1) is 0 Å². The van der Waals surface area contributed by atoms with Crippen LogP contribution in [-0.4, -0.2) is 30.4 Å². The second-order valence-electron chi connectivity index (χ2n) is 4.18. The predicted molar refractivity (Wildman–Crippen MR) is 76.5 cm³/mol. The summed E-state index contributed by atoms with van der Waals surface area (Å²) in [6.45, 7) is 2.63. The Morgan fingerprint density at radius 3 is 2.42 bits per heavy atom. The Morgan fingerprint density at radius 1 is 1.21 bits per heavy atom. The van der Waals surface area contributed by atoms with Gasteiger partial charge in [0, 0.05) is 24.5 Å². The van der Waals surface area contributed by atoms with Crippen molar-refractivity contribution in [3.8, 4) is 0 Å². The van der Waals surface area contributed by atoms with E-state index in [4.69, 9.17) is 4.74 Å². The van der Waals surface area contributed by atoms with Gasteiger partial charge >= 0.3 is 5.97 Å². The first-order chi connectivity index (χ1) is 9.02. The van der Waals surface area contributed by atoms with Gasteiger partial charge in [0.05, 0.1) is 13.0 Å². The van der Waals surface area contributed by atoms with Gasteiger partial charge in [0.2, 0.25) is 5.91 Å². The Morgan fingerprint density at radius 2 is 1.84 bits per heavy atom. The summed E-state index contributed by atoms with van der Waals surface area (Å²) in [4.78, 5) is 24.6. The van der Waals surface area contributed by atoms with E-state index >= 15 is 0 Å². The molecule has 5 heteroatoms. The Labute approximate surface area is 121 Å². The molecule has 0 saturated heterocycles. The SMILES string of the molecule is CCOC(=O)CCC(=O)N(C)Cc1ccc(Br)cc1. The summed E-state index contributed by atoms with van der Waals surface area (Å²) in [6.07, 6.45) is 0.323. The molecule has 0 saturated carbocycles. The third-order valence-electron chi connectivity index (χ3n) is 2.61. The number of hydrogen-bond donors (Lipinski definition) is 0. The number of esters is 1. The molecule has 1 rings (SSSR count). The Bertz CT molecular complexity index is 431. The Kier molecular flexibility index (Phi) is 6.56. The summed E-state index contributed by atoms with van der Waals surface area (Å²) >= 11 is 3.36. The van der Waals surface area contributed by atoms with Crippen LogP contribution in [0.2, 0.25) is 0 Å². The molecule has 0 aromatic heterocycles. The smallest absolute Gasteiger partial charge is 0.306 e. The number of nitrogens with zero attached hydrogens (tertiary/aromatic N) is 1. The van der Waals surface area contributed by atoms with Crippen molar-refractivity contribution in [2.45, 2.75) is 26.3 Å². The minimum atomic E-state index is -0.326. The third-order valence-corrected chi connectivity index (χ3v) is 3.14. The van der Waals surface area contributed by atoms with Crippen molar-refractivity contribution < 1.29 is 14.3 Å². The first-order valence-electron chi connectivity index (χ1n) is 6.17. The molecule has 0 aliphatic heterocycles. The van der Waals surface area contributed by atoms with Crippen LogP contribution in [0.3, 0.4) is 0 Å². The molecule has 1 aromatic carbocycles. The standard InChI is InChI=1S/C14H18BrNO3/c1-3-19-14(18)9-8-13(17)16(2)10-11-4-6-12(15)7-5-11/h4-7H,3,8-10H2,1-2H3. The highest BCUT2D eigenvalue weighted by Gasteiger charge is 2.12. The summed E-state index contributed by atoms with van der Waals surface area (Å²) in [6, 6.07) is 7.79. The number of halogens is 1. The summed E-state index contributed by atoms with van der Waals surface area (Å²) < 4.78 is 5.80. The van der Waals surface area contributed by atoms with Crippen molar-refractivity contribution in [2.24, 2.45) is 0 Å². The fourth-order valence-corrected chi connectivity index (χ4v) is 1.85. The molecule has 0 aliphatic rings. The fourth-order valence-electron chi connectivity index (χ4n) is 1.58. The normalized spacial score (nSPS) is 10.1. The van der Waals surface area contributed by atoms with Crippen LogP contribution in [-0.2, 0) is 20.9 Å². The molecule has 19 heavy (non-hydrogen) atoms. The molecule has 0 aliphatic carbocycles. The van der Waals surface area contributed by atoms with E-state index in [0.717, 1.165) is 10.0 Å². The lowest BCUT2D eigenvalue weighted by atomic mass is 10.2. The number of ether oxygens (including phenoxy) is 1. The van der Waals surface area contributed by atoms with Gasteiger partial charge in [0.25, 0.3) is 0 Å². The molecule has 0 atom stereocenters. The van der Waals surface area contributed by atoms with Crippen molar-refractivity contribution in [3.05, 3.63) is 34.3 Å². The van der Waals surface area contributed by atoms with Crippen LogP contribution in [0.25, 0.3) is 0 Å². The van der Waals surface area contributed by atoms with Gasteiger partial charge in [-0.1, -0.05) is 28.1 Å². The summed E-state index contributed by atoms with van der Waals surface area (Å²) in [5.74, 6) is -0.385.